The fourth-order valence-electron chi connectivity index (χ4n) is 3.31. The van der Waals surface area contributed by atoms with Gasteiger partial charge in [-0.2, -0.15) is 8.42 Å². The second-order valence-electron chi connectivity index (χ2n) is 5.46. The number of rotatable bonds is 3. The van der Waals surface area contributed by atoms with E-state index in [1.54, 1.807) is 0 Å². The van der Waals surface area contributed by atoms with Gasteiger partial charge in [0.05, 0.1) is 0 Å². The van der Waals surface area contributed by atoms with Gasteiger partial charge in [0.15, 0.2) is 5.75 Å². The van der Waals surface area contributed by atoms with Crippen molar-refractivity contribution in [3.63, 3.8) is 0 Å². The Labute approximate surface area is 108 Å². The molecule has 2 aliphatic carbocycles. The fraction of sp³-hybridized carbons (Fsp3) is 0.917. The average molecular weight is 276 g/mol. The molecule has 2 rings (SSSR count). The van der Waals surface area contributed by atoms with Crippen molar-refractivity contribution >= 4 is 16.1 Å². The van der Waals surface area contributed by atoms with Crippen LogP contribution in [0.5, 0.6) is 0 Å². The Kier molecular flexibility index (Phi) is 4.27. The molecule has 2 fully saturated rings. The molecule has 104 valence electrons. The number of esters is 1. The highest BCUT2D eigenvalue weighted by Crippen LogP contribution is 2.41. The summed E-state index contributed by atoms with van der Waals surface area (Å²) in [6, 6.07) is 0. The highest BCUT2D eigenvalue weighted by atomic mass is 32.2. The molecule has 0 aromatic carbocycles. The first-order chi connectivity index (χ1) is 8.44. The van der Waals surface area contributed by atoms with E-state index in [-0.39, 0.29) is 6.10 Å². The van der Waals surface area contributed by atoms with Gasteiger partial charge >= 0.3 is 5.97 Å². The molecule has 1 N–H and O–H groups in total. The molecule has 3 atom stereocenters. The lowest BCUT2D eigenvalue weighted by Crippen LogP contribution is -2.34. The van der Waals surface area contributed by atoms with Crippen LogP contribution in [0.25, 0.3) is 0 Å². The van der Waals surface area contributed by atoms with Crippen molar-refractivity contribution in [2.45, 2.75) is 51.0 Å². The standard InChI is InChI=1S/C12H20O5S/c13-12(8-18(14,15)16)17-11-6-5-9-3-1-2-4-10(9)7-11/h9-11H,1-8H2,(H,14,15,16). The van der Waals surface area contributed by atoms with Crippen LogP contribution < -0.4 is 0 Å². The second kappa shape index (κ2) is 5.57. The minimum absolute atomic E-state index is 0.168. The van der Waals surface area contributed by atoms with E-state index in [0.717, 1.165) is 25.2 Å². The van der Waals surface area contributed by atoms with E-state index in [1.807, 2.05) is 0 Å². The minimum atomic E-state index is -4.27. The molecule has 0 heterocycles. The van der Waals surface area contributed by atoms with Gasteiger partial charge in [-0.25, -0.2) is 0 Å². The maximum absolute atomic E-state index is 11.3. The van der Waals surface area contributed by atoms with Gasteiger partial charge in [-0.05, 0) is 31.1 Å². The van der Waals surface area contributed by atoms with Crippen molar-refractivity contribution in [3.8, 4) is 0 Å². The van der Waals surface area contributed by atoms with Crippen LogP contribution in [0.15, 0.2) is 0 Å². The quantitative estimate of drug-likeness (QED) is 0.627. The third-order valence-electron chi connectivity index (χ3n) is 4.09. The van der Waals surface area contributed by atoms with E-state index in [2.05, 4.69) is 0 Å². The molecule has 5 nitrogen and oxygen atoms in total. The Morgan fingerprint density at radius 3 is 2.44 bits per heavy atom. The van der Waals surface area contributed by atoms with Crippen molar-refractivity contribution in [2.75, 3.05) is 5.75 Å². The molecule has 18 heavy (non-hydrogen) atoms. The van der Waals surface area contributed by atoms with Gasteiger partial charge in [-0.1, -0.05) is 25.7 Å². The molecule has 2 saturated carbocycles. The second-order valence-corrected chi connectivity index (χ2v) is 6.91. The SMILES string of the molecule is O=C(CS(=O)(=O)O)OC1CCC2CCCCC2C1. The van der Waals surface area contributed by atoms with Crippen molar-refractivity contribution in [2.24, 2.45) is 11.8 Å². The van der Waals surface area contributed by atoms with Gasteiger partial charge in [0, 0.05) is 0 Å². The topological polar surface area (TPSA) is 80.7 Å². The fourth-order valence-corrected chi connectivity index (χ4v) is 3.67. The Balaban J connectivity index is 1.82. The summed E-state index contributed by atoms with van der Waals surface area (Å²) in [6.07, 6.45) is 7.57. The third kappa shape index (κ3) is 3.95. The summed E-state index contributed by atoms with van der Waals surface area (Å²) in [6.45, 7) is 0. The molecule has 3 unspecified atom stereocenters. The molecule has 2 aliphatic rings. The summed E-state index contributed by atoms with van der Waals surface area (Å²) < 4.78 is 34.8. The summed E-state index contributed by atoms with van der Waals surface area (Å²) in [5, 5.41) is 0. The van der Waals surface area contributed by atoms with Crippen LogP contribution >= 0.6 is 0 Å². The summed E-state index contributed by atoms with van der Waals surface area (Å²) in [7, 11) is -4.27. The molecule has 0 bridgehead atoms. The smallest absolute Gasteiger partial charge is 0.323 e. The largest absolute Gasteiger partial charge is 0.462 e. The van der Waals surface area contributed by atoms with Crippen molar-refractivity contribution in [1.82, 2.24) is 0 Å². The number of hydrogen-bond donors (Lipinski definition) is 1. The minimum Gasteiger partial charge on any atom is -0.462 e. The maximum Gasteiger partial charge on any atom is 0.323 e. The predicted octanol–water partition coefficient (Wildman–Crippen LogP) is 1.78. The van der Waals surface area contributed by atoms with Crippen molar-refractivity contribution in [1.29, 1.82) is 0 Å². The molecule has 0 spiro atoms. The molecular formula is C12H20O5S. The van der Waals surface area contributed by atoms with Crippen LogP contribution in [0.1, 0.15) is 44.9 Å². The Bertz CT molecular complexity index is 403. The van der Waals surface area contributed by atoms with Gasteiger partial charge in [0.1, 0.15) is 6.10 Å². The highest BCUT2D eigenvalue weighted by Gasteiger charge is 2.34. The normalized spacial score (nSPS) is 32.6. The lowest BCUT2D eigenvalue weighted by atomic mass is 9.70. The van der Waals surface area contributed by atoms with Crippen LogP contribution in [0.3, 0.4) is 0 Å². The number of hydrogen-bond acceptors (Lipinski definition) is 4. The van der Waals surface area contributed by atoms with Crippen LogP contribution in [0.2, 0.25) is 0 Å². The zero-order chi connectivity index (χ0) is 13.2. The molecule has 0 aromatic heterocycles. The van der Waals surface area contributed by atoms with Crippen LogP contribution in [-0.4, -0.2) is 30.8 Å². The summed E-state index contributed by atoms with van der Waals surface area (Å²) >= 11 is 0. The molecular weight excluding hydrogens is 256 g/mol. The first-order valence-corrected chi connectivity index (χ1v) is 8.19. The number of fused-ring (bicyclic) bond motifs is 1. The van der Waals surface area contributed by atoms with Crippen LogP contribution in [-0.2, 0) is 19.6 Å². The van der Waals surface area contributed by atoms with Gasteiger partial charge in [0.2, 0.25) is 0 Å². The summed E-state index contributed by atoms with van der Waals surface area (Å²) in [5.74, 6) is -0.388. The Morgan fingerprint density at radius 1 is 1.11 bits per heavy atom. The lowest BCUT2D eigenvalue weighted by molar-refractivity contribution is -0.149. The average Bonchev–Trinajstić information content (AvgIpc) is 2.26. The van der Waals surface area contributed by atoms with E-state index < -0.39 is 21.8 Å². The van der Waals surface area contributed by atoms with E-state index in [0.29, 0.717) is 5.92 Å². The molecule has 6 heteroatoms. The van der Waals surface area contributed by atoms with Crippen LogP contribution in [0.4, 0.5) is 0 Å². The van der Waals surface area contributed by atoms with Crippen molar-refractivity contribution in [3.05, 3.63) is 0 Å². The molecule has 0 aliphatic heterocycles. The first-order valence-electron chi connectivity index (χ1n) is 6.58. The molecule has 0 amide bonds. The van der Waals surface area contributed by atoms with Gasteiger partial charge < -0.3 is 4.74 Å². The molecule has 0 aromatic rings. The van der Waals surface area contributed by atoms with E-state index in [9.17, 15) is 13.2 Å². The zero-order valence-electron chi connectivity index (χ0n) is 10.4. The highest BCUT2D eigenvalue weighted by molar-refractivity contribution is 7.86. The first kappa shape index (κ1) is 13.8. The number of carbonyl (C=O) groups excluding carboxylic acids is 1. The molecule has 0 saturated heterocycles. The lowest BCUT2D eigenvalue weighted by Gasteiger charge is -2.38. The monoisotopic (exact) mass is 276 g/mol. The van der Waals surface area contributed by atoms with Crippen LogP contribution in [0, 0.1) is 11.8 Å². The van der Waals surface area contributed by atoms with E-state index >= 15 is 0 Å². The Morgan fingerprint density at radius 2 is 1.78 bits per heavy atom. The van der Waals surface area contributed by atoms with E-state index in [1.165, 1.54) is 25.7 Å². The predicted molar refractivity (Wildman–Crippen MR) is 65.6 cm³/mol. The maximum atomic E-state index is 11.3. The van der Waals surface area contributed by atoms with Gasteiger partial charge in [-0.15, -0.1) is 0 Å². The Hall–Kier alpha value is -0.620. The van der Waals surface area contributed by atoms with Gasteiger partial charge in [-0.3, -0.25) is 9.35 Å². The molecule has 0 radical (unpaired) electrons. The number of ether oxygens (including phenoxy) is 1. The summed E-state index contributed by atoms with van der Waals surface area (Å²) in [5.41, 5.74) is 0. The van der Waals surface area contributed by atoms with E-state index in [4.69, 9.17) is 9.29 Å². The van der Waals surface area contributed by atoms with Gasteiger partial charge in [0.25, 0.3) is 10.1 Å². The third-order valence-corrected chi connectivity index (χ3v) is 4.69. The van der Waals surface area contributed by atoms with Crippen molar-refractivity contribution < 1.29 is 22.5 Å². The number of carbonyl (C=O) groups is 1. The summed E-state index contributed by atoms with van der Waals surface area (Å²) in [4.78, 5) is 11.3. The zero-order valence-corrected chi connectivity index (χ0v) is 11.2.